The van der Waals surface area contributed by atoms with Crippen molar-refractivity contribution in [3.8, 4) is 11.3 Å². The molecule has 0 bridgehead atoms. The minimum absolute atomic E-state index is 0.301. The number of likely N-dealkylation sites (N-methyl/N-ethyl adjacent to an activating group) is 2. The Labute approximate surface area is 144 Å². The fourth-order valence-electron chi connectivity index (χ4n) is 2.31. The average Bonchev–Trinajstić information content (AvgIpc) is 2.67. The van der Waals surface area contributed by atoms with Crippen LogP contribution in [-0.4, -0.2) is 64.3 Å². The van der Waals surface area contributed by atoms with Gasteiger partial charge in [-0.15, -0.1) is 0 Å². The van der Waals surface area contributed by atoms with Crippen molar-refractivity contribution in [2.75, 3.05) is 20.7 Å². The Morgan fingerprint density at radius 1 is 1.20 bits per heavy atom. The lowest BCUT2D eigenvalue weighted by atomic mass is 10.1. The number of amides is 2. The Morgan fingerprint density at radius 2 is 1.88 bits per heavy atom. The Kier molecular flexibility index (Phi) is 5.91. The highest BCUT2D eigenvalue weighted by Crippen LogP contribution is 2.17. The quantitative estimate of drug-likeness (QED) is 0.709. The molecule has 130 valence electrons. The van der Waals surface area contributed by atoms with Crippen LogP contribution < -0.4 is 5.32 Å². The van der Waals surface area contributed by atoms with Crippen molar-refractivity contribution in [1.29, 1.82) is 0 Å². The Bertz CT molecular complexity index is 746. The lowest BCUT2D eigenvalue weighted by Gasteiger charge is -2.25. The van der Waals surface area contributed by atoms with Crippen LogP contribution in [0.1, 0.15) is 10.4 Å². The topological polar surface area (TPSA) is 112 Å². The second-order valence-electron chi connectivity index (χ2n) is 5.23. The number of nitrogens with zero attached hydrogens (tertiary/aromatic N) is 3. The first-order valence-electron chi connectivity index (χ1n) is 7.48. The molecule has 0 radical (unpaired) electrons. The van der Waals surface area contributed by atoms with Gasteiger partial charge < -0.3 is 15.3 Å². The molecule has 2 amide bonds. The van der Waals surface area contributed by atoms with Crippen LogP contribution in [0.3, 0.4) is 0 Å². The molecule has 2 N–H and O–H groups in total. The van der Waals surface area contributed by atoms with E-state index in [2.05, 4.69) is 15.3 Å². The SMILES string of the molecule is CNC(=O)C(C(=O)CO)N(C)C(=O)c1ccc(-c2cnccn2)cc1. The van der Waals surface area contributed by atoms with E-state index in [0.29, 0.717) is 11.3 Å². The van der Waals surface area contributed by atoms with Crippen LogP contribution in [0, 0.1) is 0 Å². The van der Waals surface area contributed by atoms with Gasteiger partial charge in [-0.05, 0) is 12.1 Å². The van der Waals surface area contributed by atoms with Gasteiger partial charge in [-0.2, -0.15) is 0 Å². The molecule has 1 aromatic carbocycles. The first kappa shape index (κ1) is 18.2. The fourth-order valence-corrected chi connectivity index (χ4v) is 2.31. The van der Waals surface area contributed by atoms with E-state index in [-0.39, 0.29) is 0 Å². The normalized spacial score (nSPS) is 11.5. The first-order chi connectivity index (χ1) is 12.0. The Morgan fingerprint density at radius 3 is 2.40 bits per heavy atom. The summed E-state index contributed by atoms with van der Waals surface area (Å²) in [5.41, 5.74) is 1.74. The summed E-state index contributed by atoms with van der Waals surface area (Å²) in [6, 6.07) is 5.17. The number of ketones is 1. The standard InChI is InChI=1S/C17H18N4O4/c1-18-16(24)15(14(23)10-22)21(2)17(25)12-5-3-11(4-6-12)13-9-19-7-8-20-13/h3-9,15,22H,10H2,1-2H3,(H,18,24). The molecule has 2 aromatic rings. The van der Waals surface area contributed by atoms with E-state index in [1.807, 2.05) is 0 Å². The molecule has 2 rings (SSSR count). The van der Waals surface area contributed by atoms with E-state index < -0.39 is 30.2 Å². The zero-order chi connectivity index (χ0) is 18.4. The van der Waals surface area contributed by atoms with E-state index in [1.54, 1.807) is 42.9 Å². The summed E-state index contributed by atoms with van der Waals surface area (Å²) in [4.78, 5) is 45.4. The van der Waals surface area contributed by atoms with Crippen molar-refractivity contribution in [1.82, 2.24) is 20.2 Å². The molecule has 0 saturated carbocycles. The summed E-state index contributed by atoms with van der Waals surface area (Å²) in [7, 11) is 2.69. The molecule has 0 saturated heterocycles. The van der Waals surface area contributed by atoms with Crippen LogP contribution in [0.4, 0.5) is 0 Å². The number of rotatable bonds is 6. The van der Waals surface area contributed by atoms with Gasteiger partial charge in [0.2, 0.25) is 5.91 Å². The Hall–Kier alpha value is -3.13. The van der Waals surface area contributed by atoms with Gasteiger partial charge >= 0.3 is 0 Å². The summed E-state index contributed by atoms with van der Waals surface area (Å²) in [6.07, 6.45) is 4.73. The number of nitrogens with one attached hydrogen (secondary N) is 1. The van der Waals surface area contributed by atoms with Gasteiger partial charge in [0.1, 0.15) is 6.61 Å². The maximum atomic E-state index is 12.6. The molecule has 0 fully saturated rings. The monoisotopic (exact) mass is 342 g/mol. The molecule has 8 heteroatoms. The predicted molar refractivity (Wildman–Crippen MR) is 89.5 cm³/mol. The molecular formula is C17H18N4O4. The van der Waals surface area contributed by atoms with Crippen LogP contribution in [0.15, 0.2) is 42.9 Å². The summed E-state index contributed by atoms with van der Waals surface area (Å²) in [5, 5.41) is 11.4. The number of aromatic nitrogens is 2. The molecule has 25 heavy (non-hydrogen) atoms. The van der Waals surface area contributed by atoms with Gasteiger partial charge in [0.05, 0.1) is 11.9 Å². The molecular weight excluding hydrogens is 324 g/mol. The maximum Gasteiger partial charge on any atom is 0.254 e. The second-order valence-corrected chi connectivity index (χ2v) is 5.23. The van der Waals surface area contributed by atoms with Crippen molar-refractivity contribution in [3.05, 3.63) is 48.4 Å². The van der Waals surface area contributed by atoms with E-state index >= 15 is 0 Å². The molecule has 0 aliphatic rings. The smallest absolute Gasteiger partial charge is 0.254 e. The minimum atomic E-state index is -1.39. The van der Waals surface area contributed by atoms with Crippen LogP contribution in [0.25, 0.3) is 11.3 Å². The largest absolute Gasteiger partial charge is 0.388 e. The first-order valence-corrected chi connectivity index (χ1v) is 7.48. The van der Waals surface area contributed by atoms with Crippen molar-refractivity contribution in [3.63, 3.8) is 0 Å². The second kappa shape index (κ2) is 8.11. The molecule has 1 atom stereocenters. The van der Waals surface area contributed by atoms with E-state index in [0.717, 1.165) is 10.5 Å². The van der Waals surface area contributed by atoms with Crippen LogP contribution in [0.5, 0.6) is 0 Å². The third-order valence-electron chi connectivity index (χ3n) is 3.65. The van der Waals surface area contributed by atoms with Gasteiger partial charge in [-0.25, -0.2) is 0 Å². The minimum Gasteiger partial charge on any atom is -0.388 e. The number of aliphatic hydroxyl groups excluding tert-OH is 1. The van der Waals surface area contributed by atoms with Gasteiger partial charge in [-0.1, -0.05) is 12.1 Å². The number of carbonyl (C=O) groups excluding carboxylic acids is 3. The maximum absolute atomic E-state index is 12.6. The van der Waals surface area contributed by atoms with E-state index in [9.17, 15) is 14.4 Å². The molecule has 0 aliphatic carbocycles. The van der Waals surface area contributed by atoms with Crippen LogP contribution in [-0.2, 0) is 9.59 Å². The third-order valence-corrected chi connectivity index (χ3v) is 3.65. The third kappa shape index (κ3) is 4.04. The molecule has 1 aromatic heterocycles. The van der Waals surface area contributed by atoms with E-state index in [4.69, 9.17) is 5.11 Å². The van der Waals surface area contributed by atoms with Gasteiger partial charge in [0, 0.05) is 37.6 Å². The van der Waals surface area contributed by atoms with E-state index in [1.165, 1.54) is 14.1 Å². The van der Waals surface area contributed by atoms with Crippen molar-refractivity contribution in [2.45, 2.75) is 6.04 Å². The van der Waals surface area contributed by atoms with Crippen molar-refractivity contribution < 1.29 is 19.5 Å². The average molecular weight is 342 g/mol. The zero-order valence-electron chi connectivity index (χ0n) is 13.8. The van der Waals surface area contributed by atoms with Gasteiger partial charge in [0.25, 0.3) is 5.91 Å². The van der Waals surface area contributed by atoms with Gasteiger partial charge in [0.15, 0.2) is 11.8 Å². The number of benzene rings is 1. The zero-order valence-corrected chi connectivity index (χ0v) is 13.8. The molecule has 8 nitrogen and oxygen atoms in total. The lowest BCUT2D eigenvalue weighted by molar-refractivity contribution is -0.135. The predicted octanol–water partition coefficient (Wildman–Crippen LogP) is -0.108. The summed E-state index contributed by atoms with van der Waals surface area (Å²) in [6.45, 7) is -0.832. The Balaban J connectivity index is 2.24. The number of hydrogen-bond acceptors (Lipinski definition) is 6. The molecule has 1 heterocycles. The lowest BCUT2D eigenvalue weighted by Crippen LogP contribution is -2.52. The number of aliphatic hydroxyl groups is 1. The molecule has 1 unspecified atom stereocenters. The highest BCUT2D eigenvalue weighted by molar-refractivity contribution is 6.10. The van der Waals surface area contributed by atoms with Crippen LogP contribution >= 0.6 is 0 Å². The van der Waals surface area contributed by atoms with Crippen LogP contribution in [0.2, 0.25) is 0 Å². The fraction of sp³-hybridized carbons (Fsp3) is 0.235. The highest BCUT2D eigenvalue weighted by Gasteiger charge is 2.32. The van der Waals surface area contributed by atoms with Crippen molar-refractivity contribution in [2.24, 2.45) is 0 Å². The summed E-state index contributed by atoms with van der Waals surface area (Å²) >= 11 is 0. The summed E-state index contributed by atoms with van der Waals surface area (Å²) in [5.74, 6) is -1.93. The highest BCUT2D eigenvalue weighted by atomic mass is 16.3. The molecule has 0 spiro atoms. The molecule has 0 aliphatic heterocycles. The number of carbonyl (C=O) groups is 3. The summed E-state index contributed by atoms with van der Waals surface area (Å²) < 4.78 is 0. The van der Waals surface area contributed by atoms with Gasteiger partial charge in [-0.3, -0.25) is 24.4 Å². The van der Waals surface area contributed by atoms with Crippen molar-refractivity contribution >= 4 is 17.6 Å². The number of hydrogen-bond donors (Lipinski definition) is 2. The number of Topliss-reactive ketones (excluding diaryl/α,β-unsaturated/α-hetero) is 1.